The second kappa shape index (κ2) is 7.13. The van der Waals surface area contributed by atoms with Crippen molar-refractivity contribution in [2.24, 2.45) is 0 Å². The van der Waals surface area contributed by atoms with Gasteiger partial charge in [0.15, 0.2) is 5.78 Å². The zero-order valence-corrected chi connectivity index (χ0v) is 14.2. The summed E-state index contributed by atoms with van der Waals surface area (Å²) in [7, 11) is 1.61. The van der Waals surface area contributed by atoms with E-state index in [2.05, 4.69) is 0 Å². The van der Waals surface area contributed by atoms with Gasteiger partial charge in [0.05, 0.1) is 7.11 Å². The Labute approximate surface area is 141 Å². The van der Waals surface area contributed by atoms with Gasteiger partial charge in [0.2, 0.25) is 0 Å². The topological polar surface area (TPSA) is 63.6 Å². The van der Waals surface area contributed by atoms with E-state index in [0.29, 0.717) is 11.1 Å². The quantitative estimate of drug-likeness (QED) is 0.666. The third-order valence-electron chi connectivity index (χ3n) is 3.88. The summed E-state index contributed by atoms with van der Waals surface area (Å²) in [6.07, 6.45) is 1.57. The summed E-state index contributed by atoms with van der Waals surface area (Å²) in [5.41, 5.74) is 3.95. The summed E-state index contributed by atoms with van der Waals surface area (Å²) in [5.74, 6) is -0.267. The Bertz CT molecular complexity index is 814. The number of benzene rings is 2. The number of ether oxygens (including phenoxy) is 1. The van der Waals surface area contributed by atoms with Crippen molar-refractivity contribution < 1.29 is 19.4 Å². The number of carbonyl (C=O) groups excluding carboxylic acids is 1. The van der Waals surface area contributed by atoms with Gasteiger partial charge >= 0.3 is 5.97 Å². The van der Waals surface area contributed by atoms with Crippen LogP contribution in [0.5, 0.6) is 5.75 Å². The molecule has 0 radical (unpaired) electrons. The molecule has 0 heterocycles. The van der Waals surface area contributed by atoms with Gasteiger partial charge in [-0.15, -0.1) is 0 Å². The maximum atomic E-state index is 12.7. The first-order chi connectivity index (χ1) is 11.3. The van der Waals surface area contributed by atoms with Crippen LogP contribution in [0.4, 0.5) is 0 Å². The van der Waals surface area contributed by atoms with Crippen LogP contribution in [-0.4, -0.2) is 24.0 Å². The van der Waals surface area contributed by atoms with Crippen molar-refractivity contribution in [1.82, 2.24) is 0 Å². The fourth-order valence-electron chi connectivity index (χ4n) is 2.45. The first kappa shape index (κ1) is 17.5. The molecular weight excluding hydrogens is 304 g/mol. The van der Waals surface area contributed by atoms with E-state index in [1.807, 2.05) is 26.0 Å². The highest BCUT2D eigenvalue weighted by molar-refractivity contribution is 6.10. The third kappa shape index (κ3) is 3.71. The fraction of sp³-hybridized carbons (Fsp3) is 0.200. The molecule has 1 N–H and O–H groups in total. The number of rotatable bonds is 5. The molecule has 0 saturated heterocycles. The summed E-state index contributed by atoms with van der Waals surface area (Å²) in [6, 6.07) is 10.6. The van der Waals surface area contributed by atoms with Crippen LogP contribution in [0, 0.1) is 13.8 Å². The van der Waals surface area contributed by atoms with Crippen LogP contribution in [0.25, 0.3) is 6.08 Å². The van der Waals surface area contributed by atoms with Gasteiger partial charge in [-0.25, -0.2) is 4.79 Å². The molecule has 24 heavy (non-hydrogen) atoms. The smallest absolute Gasteiger partial charge is 0.331 e. The maximum Gasteiger partial charge on any atom is 0.331 e. The van der Waals surface area contributed by atoms with E-state index in [-0.39, 0.29) is 11.4 Å². The van der Waals surface area contributed by atoms with Gasteiger partial charge in [0.25, 0.3) is 0 Å². The lowest BCUT2D eigenvalue weighted by Gasteiger charge is -2.11. The number of aryl methyl sites for hydroxylation is 2. The highest BCUT2D eigenvalue weighted by Crippen LogP contribution is 2.24. The lowest BCUT2D eigenvalue weighted by Crippen LogP contribution is -2.05. The normalized spacial score (nSPS) is 11.2. The van der Waals surface area contributed by atoms with Crippen LogP contribution in [0.3, 0.4) is 0 Å². The first-order valence-corrected chi connectivity index (χ1v) is 7.55. The van der Waals surface area contributed by atoms with E-state index in [0.717, 1.165) is 22.4 Å². The Hall–Kier alpha value is -2.88. The van der Waals surface area contributed by atoms with Crippen LogP contribution in [0.15, 0.2) is 42.0 Å². The van der Waals surface area contributed by atoms with Gasteiger partial charge in [-0.05, 0) is 55.7 Å². The minimum absolute atomic E-state index is 0.0660. The minimum Gasteiger partial charge on any atom is -0.496 e. The van der Waals surface area contributed by atoms with E-state index in [1.165, 1.54) is 6.92 Å². The van der Waals surface area contributed by atoms with Gasteiger partial charge in [-0.1, -0.05) is 24.3 Å². The SMILES string of the molecule is COc1cc(C)c(C(=O)c2ccc(/C=C(\C)C(=O)O)cc2)cc1C. The van der Waals surface area contributed by atoms with Crippen molar-refractivity contribution in [3.05, 3.63) is 69.8 Å². The lowest BCUT2D eigenvalue weighted by atomic mass is 9.96. The number of ketones is 1. The standard InChI is InChI=1S/C20H20O4/c1-12-11-18(24-4)13(2)10-17(12)19(21)16-7-5-15(6-8-16)9-14(3)20(22)23/h5-11H,1-4H3,(H,22,23)/b14-9+. The molecule has 0 aliphatic carbocycles. The molecule has 0 aromatic heterocycles. The lowest BCUT2D eigenvalue weighted by molar-refractivity contribution is -0.132. The van der Waals surface area contributed by atoms with Gasteiger partial charge in [0, 0.05) is 16.7 Å². The van der Waals surface area contributed by atoms with Gasteiger partial charge in [0.1, 0.15) is 5.75 Å². The average Bonchev–Trinajstić information content (AvgIpc) is 2.56. The van der Waals surface area contributed by atoms with Crippen molar-refractivity contribution in [3.8, 4) is 5.75 Å². The number of carboxylic acid groups (broad SMARTS) is 1. The van der Waals surface area contributed by atoms with Crippen LogP contribution >= 0.6 is 0 Å². The average molecular weight is 324 g/mol. The van der Waals surface area contributed by atoms with E-state index in [4.69, 9.17) is 9.84 Å². The fourth-order valence-corrected chi connectivity index (χ4v) is 2.45. The Morgan fingerprint density at radius 2 is 1.67 bits per heavy atom. The number of hydrogen-bond donors (Lipinski definition) is 1. The van der Waals surface area contributed by atoms with Gasteiger partial charge in [-0.2, -0.15) is 0 Å². The number of methoxy groups -OCH3 is 1. The number of carbonyl (C=O) groups is 2. The highest BCUT2D eigenvalue weighted by Gasteiger charge is 2.14. The van der Waals surface area contributed by atoms with Gasteiger partial charge in [-0.3, -0.25) is 4.79 Å². The van der Waals surface area contributed by atoms with Crippen molar-refractivity contribution in [1.29, 1.82) is 0 Å². The highest BCUT2D eigenvalue weighted by atomic mass is 16.5. The molecule has 0 fully saturated rings. The zero-order valence-electron chi connectivity index (χ0n) is 14.2. The molecule has 4 nitrogen and oxygen atoms in total. The molecule has 2 rings (SSSR count). The first-order valence-electron chi connectivity index (χ1n) is 7.55. The molecule has 0 bridgehead atoms. The molecule has 0 atom stereocenters. The minimum atomic E-state index is -0.959. The van der Waals surface area contributed by atoms with E-state index in [9.17, 15) is 9.59 Å². The number of aliphatic carboxylic acids is 1. The van der Waals surface area contributed by atoms with Crippen LogP contribution in [0.1, 0.15) is 39.5 Å². The molecule has 2 aromatic carbocycles. The summed E-state index contributed by atoms with van der Waals surface area (Å²) in [5, 5.41) is 8.90. The second-order valence-corrected chi connectivity index (χ2v) is 5.72. The van der Waals surface area contributed by atoms with Gasteiger partial charge < -0.3 is 9.84 Å². The predicted molar refractivity (Wildman–Crippen MR) is 93.6 cm³/mol. The molecular formula is C20H20O4. The summed E-state index contributed by atoms with van der Waals surface area (Å²) >= 11 is 0. The Kier molecular flexibility index (Phi) is 5.19. The van der Waals surface area contributed by atoms with Crippen molar-refractivity contribution in [2.75, 3.05) is 7.11 Å². The number of hydrogen-bond acceptors (Lipinski definition) is 3. The maximum absolute atomic E-state index is 12.7. The van der Waals surface area contributed by atoms with Crippen molar-refractivity contribution >= 4 is 17.8 Å². The van der Waals surface area contributed by atoms with Crippen molar-refractivity contribution in [2.45, 2.75) is 20.8 Å². The Morgan fingerprint density at radius 3 is 2.21 bits per heavy atom. The van der Waals surface area contributed by atoms with Crippen LogP contribution < -0.4 is 4.74 Å². The molecule has 0 unspecified atom stereocenters. The van der Waals surface area contributed by atoms with Crippen LogP contribution in [-0.2, 0) is 4.79 Å². The molecule has 124 valence electrons. The molecule has 0 aliphatic heterocycles. The van der Waals surface area contributed by atoms with E-state index < -0.39 is 5.97 Å². The summed E-state index contributed by atoms with van der Waals surface area (Å²) in [4.78, 5) is 23.6. The molecule has 0 amide bonds. The van der Waals surface area contributed by atoms with E-state index >= 15 is 0 Å². The number of carboxylic acids is 1. The third-order valence-corrected chi connectivity index (χ3v) is 3.88. The zero-order chi connectivity index (χ0) is 17.9. The molecule has 0 saturated carbocycles. The molecule has 2 aromatic rings. The predicted octanol–water partition coefficient (Wildman–Crippen LogP) is 4.03. The Balaban J connectivity index is 2.33. The second-order valence-electron chi connectivity index (χ2n) is 5.72. The summed E-state index contributed by atoms with van der Waals surface area (Å²) in [6.45, 7) is 5.31. The Morgan fingerprint density at radius 1 is 1.04 bits per heavy atom. The summed E-state index contributed by atoms with van der Waals surface area (Å²) < 4.78 is 5.27. The van der Waals surface area contributed by atoms with E-state index in [1.54, 1.807) is 37.5 Å². The van der Waals surface area contributed by atoms with Crippen molar-refractivity contribution in [3.63, 3.8) is 0 Å². The largest absolute Gasteiger partial charge is 0.496 e. The molecule has 0 aliphatic rings. The molecule has 0 spiro atoms. The monoisotopic (exact) mass is 324 g/mol. The van der Waals surface area contributed by atoms with Crippen LogP contribution in [0.2, 0.25) is 0 Å². The molecule has 4 heteroatoms.